The van der Waals surface area contributed by atoms with Gasteiger partial charge in [-0.15, -0.1) is 0 Å². The molecule has 0 spiro atoms. The van der Waals surface area contributed by atoms with Gasteiger partial charge in [0.1, 0.15) is 6.10 Å². The number of aliphatic hydroxyl groups excluding tert-OH is 2. The number of ether oxygens (including phenoxy) is 1. The molecule has 72 valence electrons. The van der Waals surface area contributed by atoms with Gasteiger partial charge in [-0.1, -0.05) is 0 Å². The van der Waals surface area contributed by atoms with Crippen LogP contribution in [0.2, 0.25) is 0 Å². The van der Waals surface area contributed by atoms with E-state index in [1.807, 2.05) is 0 Å². The smallest absolute Gasteiger partial charge is 0.220 e. The Morgan fingerprint density at radius 3 is 2.58 bits per heavy atom. The second-order valence-electron chi connectivity index (χ2n) is 2.87. The minimum atomic E-state index is -1.60. The van der Waals surface area contributed by atoms with Gasteiger partial charge in [-0.2, -0.15) is 0 Å². The zero-order chi connectivity index (χ0) is 9.35. The molecule has 0 amide bonds. The van der Waals surface area contributed by atoms with Gasteiger partial charge in [-0.25, -0.2) is 0 Å². The van der Waals surface area contributed by atoms with E-state index in [1.54, 1.807) is 0 Å². The lowest BCUT2D eigenvalue weighted by Gasteiger charge is -2.28. The van der Waals surface area contributed by atoms with E-state index in [-0.39, 0.29) is 6.61 Å². The van der Waals surface area contributed by atoms with E-state index in [0.717, 1.165) is 0 Å². The van der Waals surface area contributed by atoms with E-state index in [4.69, 9.17) is 9.84 Å². The van der Waals surface area contributed by atoms with Crippen molar-refractivity contribution >= 4 is 0 Å². The first-order valence-electron chi connectivity index (χ1n) is 3.75. The normalized spacial score (nSPS) is 48.2. The van der Waals surface area contributed by atoms with Crippen LogP contribution in [0.3, 0.4) is 0 Å². The van der Waals surface area contributed by atoms with Crippen molar-refractivity contribution in [2.45, 2.75) is 24.2 Å². The molecule has 0 aliphatic carbocycles. The highest BCUT2D eigenvalue weighted by Crippen LogP contribution is 2.25. The van der Waals surface area contributed by atoms with Crippen LogP contribution in [0.15, 0.2) is 0 Å². The Hall–Kier alpha value is -0.240. The Kier molecular flexibility index (Phi) is 2.67. The molecule has 12 heavy (non-hydrogen) atoms. The van der Waals surface area contributed by atoms with Crippen LogP contribution in [0.1, 0.15) is 0 Å². The summed E-state index contributed by atoms with van der Waals surface area (Å²) in [5.74, 6) is 0. The highest BCUT2D eigenvalue weighted by molar-refractivity contribution is 4.97. The summed E-state index contributed by atoms with van der Waals surface area (Å²) in [6.07, 6.45) is -2.68. The molecule has 1 fully saturated rings. The molecule has 6 heteroatoms. The van der Waals surface area contributed by atoms with Crippen LogP contribution < -0.4 is 11.1 Å². The van der Waals surface area contributed by atoms with Crippen molar-refractivity contribution in [1.29, 1.82) is 0 Å². The maximum absolute atomic E-state index is 9.71. The van der Waals surface area contributed by atoms with Crippen molar-refractivity contribution in [3.05, 3.63) is 0 Å². The molecule has 1 heterocycles. The fourth-order valence-electron chi connectivity index (χ4n) is 1.35. The molecule has 1 rings (SSSR count). The Balaban J connectivity index is 2.80. The van der Waals surface area contributed by atoms with Crippen molar-refractivity contribution < 1.29 is 25.8 Å². The molecule has 6 nitrogen and oxygen atoms in total. The van der Waals surface area contributed by atoms with Crippen LogP contribution in [0, 0.1) is 0 Å². The molecule has 4 unspecified atom stereocenters. The predicted molar refractivity (Wildman–Crippen MR) is 38.7 cm³/mol. The third-order valence-corrected chi connectivity index (χ3v) is 2.20. The van der Waals surface area contributed by atoms with Crippen LogP contribution >= 0.6 is 0 Å². The molecule has 1 aliphatic heterocycles. The molecule has 0 saturated carbocycles. The SMILES string of the molecule is CNC1(O)C(CO)OC([NH3+])C1O. The van der Waals surface area contributed by atoms with Crippen LogP contribution in [0.5, 0.6) is 0 Å². The number of hydrogen-bond donors (Lipinski definition) is 5. The maximum atomic E-state index is 9.71. The second-order valence-corrected chi connectivity index (χ2v) is 2.87. The molecule has 0 aromatic rings. The average molecular weight is 179 g/mol. The summed E-state index contributed by atoms with van der Waals surface area (Å²) >= 11 is 0. The first kappa shape index (κ1) is 9.85. The zero-order valence-electron chi connectivity index (χ0n) is 6.90. The summed E-state index contributed by atoms with van der Waals surface area (Å²) in [6, 6.07) is 0. The molecular weight excluding hydrogens is 164 g/mol. The van der Waals surface area contributed by atoms with E-state index in [0.29, 0.717) is 0 Å². The molecule has 7 N–H and O–H groups in total. The Bertz CT molecular complexity index is 168. The lowest BCUT2D eigenvalue weighted by Crippen LogP contribution is -2.69. The van der Waals surface area contributed by atoms with Crippen LogP contribution in [-0.2, 0) is 4.74 Å². The third kappa shape index (κ3) is 1.22. The number of aliphatic hydroxyl groups is 3. The molecule has 0 radical (unpaired) electrons. The van der Waals surface area contributed by atoms with Gasteiger partial charge in [0.15, 0.2) is 11.8 Å². The van der Waals surface area contributed by atoms with Crippen molar-refractivity contribution in [2.75, 3.05) is 13.7 Å². The van der Waals surface area contributed by atoms with Gasteiger partial charge in [-0.05, 0) is 7.05 Å². The first-order chi connectivity index (χ1) is 5.56. The number of hydrogen-bond acceptors (Lipinski definition) is 5. The summed E-state index contributed by atoms with van der Waals surface area (Å²) in [6.45, 7) is -0.361. The van der Waals surface area contributed by atoms with E-state index < -0.39 is 24.2 Å². The van der Waals surface area contributed by atoms with Gasteiger partial charge < -0.3 is 25.8 Å². The zero-order valence-corrected chi connectivity index (χ0v) is 6.90. The largest absolute Gasteiger partial charge is 0.393 e. The van der Waals surface area contributed by atoms with Crippen molar-refractivity contribution in [3.8, 4) is 0 Å². The fraction of sp³-hybridized carbons (Fsp3) is 1.00. The third-order valence-electron chi connectivity index (χ3n) is 2.20. The van der Waals surface area contributed by atoms with E-state index in [2.05, 4.69) is 11.1 Å². The number of nitrogens with one attached hydrogen (secondary N) is 1. The molecule has 0 bridgehead atoms. The predicted octanol–water partition coefficient (Wildman–Crippen LogP) is -3.79. The van der Waals surface area contributed by atoms with Gasteiger partial charge in [0, 0.05) is 0 Å². The Labute approximate surface area is 69.9 Å². The molecule has 1 aliphatic rings. The maximum Gasteiger partial charge on any atom is 0.220 e. The van der Waals surface area contributed by atoms with E-state index in [9.17, 15) is 10.2 Å². The lowest BCUT2D eigenvalue weighted by atomic mass is 10.0. The Morgan fingerprint density at radius 1 is 1.67 bits per heavy atom. The summed E-state index contributed by atoms with van der Waals surface area (Å²) in [5, 5.41) is 30.4. The summed E-state index contributed by atoms with van der Waals surface area (Å²) < 4.78 is 5.01. The van der Waals surface area contributed by atoms with Crippen molar-refractivity contribution in [3.63, 3.8) is 0 Å². The molecule has 1 saturated heterocycles. The van der Waals surface area contributed by atoms with Gasteiger partial charge in [0.25, 0.3) is 0 Å². The van der Waals surface area contributed by atoms with Crippen LogP contribution in [0.25, 0.3) is 0 Å². The summed E-state index contributed by atoms with van der Waals surface area (Å²) in [5.41, 5.74) is 1.88. The van der Waals surface area contributed by atoms with Gasteiger partial charge in [-0.3, -0.25) is 5.32 Å². The Morgan fingerprint density at radius 2 is 2.25 bits per heavy atom. The minimum Gasteiger partial charge on any atom is -0.393 e. The standard InChI is InChI=1S/C6H14N2O4/c1-8-6(11)3(2-9)12-5(7)4(6)10/h3-5,8-11H,2,7H2,1H3/p+1. The van der Waals surface area contributed by atoms with Gasteiger partial charge in [0.2, 0.25) is 6.23 Å². The molecular formula is C6H15N2O4+. The first-order valence-corrected chi connectivity index (χ1v) is 3.75. The van der Waals surface area contributed by atoms with E-state index >= 15 is 0 Å². The van der Waals surface area contributed by atoms with Crippen LogP contribution in [-0.4, -0.2) is 53.1 Å². The molecule has 0 aromatic carbocycles. The van der Waals surface area contributed by atoms with Gasteiger partial charge in [0.05, 0.1) is 6.61 Å². The number of likely N-dealkylation sites (N-methyl/N-ethyl adjacent to an activating group) is 1. The van der Waals surface area contributed by atoms with Crippen LogP contribution in [0.4, 0.5) is 0 Å². The topological polar surface area (TPSA) is 110 Å². The molecule has 0 aromatic heterocycles. The van der Waals surface area contributed by atoms with Gasteiger partial charge >= 0.3 is 0 Å². The highest BCUT2D eigenvalue weighted by atomic mass is 16.6. The van der Waals surface area contributed by atoms with Crippen molar-refractivity contribution in [2.24, 2.45) is 0 Å². The monoisotopic (exact) mass is 179 g/mol. The van der Waals surface area contributed by atoms with E-state index in [1.165, 1.54) is 7.05 Å². The fourth-order valence-corrected chi connectivity index (χ4v) is 1.35. The lowest BCUT2D eigenvalue weighted by molar-refractivity contribution is -0.499. The second kappa shape index (κ2) is 3.25. The minimum absolute atomic E-state index is 0.361. The highest BCUT2D eigenvalue weighted by Gasteiger charge is 2.55. The number of quaternary nitrogens is 1. The van der Waals surface area contributed by atoms with Crippen molar-refractivity contribution in [1.82, 2.24) is 5.32 Å². The summed E-state index contributed by atoms with van der Waals surface area (Å²) in [4.78, 5) is 0. The number of rotatable bonds is 2. The quantitative estimate of drug-likeness (QED) is 0.279. The molecule has 4 atom stereocenters. The average Bonchev–Trinajstić information content (AvgIpc) is 2.30. The summed E-state index contributed by atoms with van der Waals surface area (Å²) in [7, 11) is 1.48.